The van der Waals surface area contributed by atoms with Gasteiger partial charge >= 0.3 is 0 Å². The molecule has 112 valence electrons. The number of rotatable bonds is 4. The number of sulfonamides is 1. The van der Waals surface area contributed by atoms with Crippen LogP contribution in [0.2, 0.25) is 0 Å². The van der Waals surface area contributed by atoms with Gasteiger partial charge in [-0.05, 0) is 25.1 Å². The molecule has 1 aromatic rings. The van der Waals surface area contributed by atoms with Crippen LogP contribution in [0.4, 0.5) is 0 Å². The Morgan fingerprint density at radius 1 is 1.10 bits per heavy atom. The van der Waals surface area contributed by atoms with E-state index in [1.54, 1.807) is 12.1 Å². The van der Waals surface area contributed by atoms with Crippen molar-refractivity contribution in [3.63, 3.8) is 0 Å². The summed E-state index contributed by atoms with van der Waals surface area (Å²) in [5.74, 6) is 0.936. The number of benzene rings is 1. The molecule has 0 radical (unpaired) electrons. The summed E-state index contributed by atoms with van der Waals surface area (Å²) in [7, 11) is -0.475. The Balaban J connectivity index is 2.33. The molecule has 6 nitrogen and oxygen atoms in total. The highest BCUT2D eigenvalue weighted by atomic mass is 32.2. The molecule has 0 bridgehead atoms. The van der Waals surface area contributed by atoms with Crippen LogP contribution in [0.25, 0.3) is 0 Å². The van der Waals surface area contributed by atoms with Crippen molar-refractivity contribution in [2.75, 3.05) is 40.4 Å². The van der Waals surface area contributed by atoms with E-state index in [-0.39, 0.29) is 4.90 Å². The van der Waals surface area contributed by atoms with E-state index in [4.69, 9.17) is 9.47 Å². The molecule has 2 rings (SSSR count). The van der Waals surface area contributed by atoms with Crippen LogP contribution in [0.5, 0.6) is 11.5 Å². The maximum atomic E-state index is 12.6. The van der Waals surface area contributed by atoms with Crippen molar-refractivity contribution >= 4 is 10.0 Å². The molecule has 0 spiro atoms. The average molecular weight is 300 g/mol. The molecule has 0 atom stereocenters. The van der Waals surface area contributed by atoms with Crippen LogP contribution in [0, 0.1) is 0 Å². The van der Waals surface area contributed by atoms with Gasteiger partial charge in [-0.25, -0.2) is 8.42 Å². The van der Waals surface area contributed by atoms with Crippen LogP contribution >= 0.6 is 0 Å². The van der Waals surface area contributed by atoms with Crippen molar-refractivity contribution in [1.29, 1.82) is 0 Å². The Morgan fingerprint density at radius 2 is 1.85 bits per heavy atom. The third kappa shape index (κ3) is 3.05. The summed E-state index contributed by atoms with van der Waals surface area (Å²) in [6, 6.07) is 4.67. The predicted octanol–water partition coefficient (Wildman–Crippen LogP) is 0.688. The molecular weight excluding hydrogens is 280 g/mol. The zero-order chi connectivity index (χ0) is 14.6. The molecule has 1 heterocycles. The van der Waals surface area contributed by atoms with Gasteiger partial charge in [-0.2, -0.15) is 4.31 Å². The lowest BCUT2D eigenvalue weighted by molar-refractivity contribution is 0.353. The number of ether oxygens (including phenoxy) is 2. The molecule has 1 aliphatic heterocycles. The number of nitrogens with zero attached hydrogens (tertiary/aromatic N) is 1. The van der Waals surface area contributed by atoms with Gasteiger partial charge in [0.15, 0.2) is 11.5 Å². The first-order chi connectivity index (χ1) is 9.59. The van der Waals surface area contributed by atoms with Gasteiger partial charge < -0.3 is 14.8 Å². The van der Waals surface area contributed by atoms with Gasteiger partial charge in [0, 0.05) is 25.7 Å². The minimum atomic E-state index is -3.49. The quantitative estimate of drug-likeness (QED) is 0.886. The molecule has 0 amide bonds. The van der Waals surface area contributed by atoms with Crippen LogP contribution in [0.1, 0.15) is 6.42 Å². The number of hydrogen-bond acceptors (Lipinski definition) is 5. The lowest BCUT2D eigenvalue weighted by Gasteiger charge is -2.20. The minimum Gasteiger partial charge on any atom is -0.493 e. The summed E-state index contributed by atoms with van der Waals surface area (Å²) in [5.41, 5.74) is 0. The van der Waals surface area contributed by atoms with Gasteiger partial charge in [0.05, 0.1) is 19.1 Å². The SMILES string of the molecule is COc1ccc(S(=O)(=O)N2CCCNCC2)cc1OC. The van der Waals surface area contributed by atoms with Crippen LogP contribution in [-0.4, -0.2) is 53.1 Å². The largest absolute Gasteiger partial charge is 0.493 e. The molecular formula is C13H20N2O4S. The van der Waals surface area contributed by atoms with Crippen molar-refractivity contribution in [2.24, 2.45) is 0 Å². The molecule has 0 unspecified atom stereocenters. The molecule has 0 saturated carbocycles. The summed E-state index contributed by atoms with van der Waals surface area (Å²) in [6.07, 6.45) is 0.812. The smallest absolute Gasteiger partial charge is 0.243 e. The van der Waals surface area contributed by atoms with Gasteiger partial charge in [0.1, 0.15) is 0 Å². The second-order valence-electron chi connectivity index (χ2n) is 4.52. The number of nitrogens with one attached hydrogen (secondary N) is 1. The lowest BCUT2D eigenvalue weighted by Crippen LogP contribution is -2.34. The van der Waals surface area contributed by atoms with E-state index in [0.717, 1.165) is 13.0 Å². The van der Waals surface area contributed by atoms with Gasteiger partial charge in [-0.3, -0.25) is 0 Å². The normalized spacial score (nSPS) is 17.5. The predicted molar refractivity (Wildman–Crippen MR) is 75.8 cm³/mol. The molecule has 20 heavy (non-hydrogen) atoms. The van der Waals surface area contributed by atoms with Crippen LogP contribution in [-0.2, 0) is 10.0 Å². The summed E-state index contributed by atoms with van der Waals surface area (Å²) in [4.78, 5) is 0.233. The Morgan fingerprint density at radius 3 is 2.55 bits per heavy atom. The summed E-state index contributed by atoms with van der Waals surface area (Å²) in [5, 5.41) is 3.19. The standard InChI is InChI=1S/C13H20N2O4S/c1-18-12-5-4-11(10-13(12)19-2)20(16,17)15-8-3-6-14-7-9-15/h4-5,10,14H,3,6-9H2,1-2H3. The van der Waals surface area contributed by atoms with Gasteiger partial charge in [0.25, 0.3) is 0 Å². The Kier molecular flexibility index (Phi) is 4.85. The van der Waals surface area contributed by atoms with Gasteiger partial charge in [-0.15, -0.1) is 0 Å². The molecule has 7 heteroatoms. The Labute approximate surface area is 119 Å². The van der Waals surface area contributed by atoms with E-state index in [9.17, 15) is 8.42 Å². The average Bonchev–Trinajstić information content (AvgIpc) is 2.76. The summed E-state index contributed by atoms with van der Waals surface area (Å²) < 4.78 is 37.0. The number of hydrogen-bond donors (Lipinski definition) is 1. The minimum absolute atomic E-state index is 0.233. The van der Waals surface area contributed by atoms with Crippen molar-refractivity contribution in [3.8, 4) is 11.5 Å². The second kappa shape index (κ2) is 6.43. The number of methoxy groups -OCH3 is 2. The highest BCUT2D eigenvalue weighted by Crippen LogP contribution is 2.30. The molecule has 1 fully saturated rings. The van der Waals surface area contributed by atoms with Gasteiger partial charge in [0.2, 0.25) is 10.0 Å². The molecule has 1 N–H and O–H groups in total. The summed E-state index contributed by atoms with van der Waals surface area (Å²) >= 11 is 0. The van der Waals surface area contributed by atoms with Gasteiger partial charge in [-0.1, -0.05) is 0 Å². The van der Waals surface area contributed by atoms with Crippen molar-refractivity contribution in [1.82, 2.24) is 9.62 Å². The second-order valence-corrected chi connectivity index (χ2v) is 6.46. The summed E-state index contributed by atoms with van der Waals surface area (Å²) in [6.45, 7) is 2.53. The first-order valence-corrected chi connectivity index (χ1v) is 7.96. The van der Waals surface area contributed by atoms with E-state index in [1.165, 1.54) is 24.6 Å². The Hall–Kier alpha value is -1.31. The van der Waals surface area contributed by atoms with E-state index >= 15 is 0 Å². The lowest BCUT2D eigenvalue weighted by atomic mass is 10.3. The van der Waals surface area contributed by atoms with E-state index in [2.05, 4.69) is 5.32 Å². The zero-order valence-corrected chi connectivity index (χ0v) is 12.6. The molecule has 1 saturated heterocycles. The molecule has 0 aliphatic carbocycles. The van der Waals surface area contributed by atoms with Crippen LogP contribution < -0.4 is 14.8 Å². The third-order valence-corrected chi connectivity index (χ3v) is 5.19. The molecule has 1 aromatic carbocycles. The van der Waals surface area contributed by atoms with E-state index in [0.29, 0.717) is 31.1 Å². The first kappa shape index (κ1) is 15.1. The zero-order valence-electron chi connectivity index (χ0n) is 11.8. The van der Waals surface area contributed by atoms with Crippen molar-refractivity contribution in [3.05, 3.63) is 18.2 Å². The van der Waals surface area contributed by atoms with Crippen LogP contribution in [0.3, 0.4) is 0 Å². The Bertz CT molecular complexity index is 551. The fourth-order valence-electron chi connectivity index (χ4n) is 2.19. The maximum absolute atomic E-state index is 12.6. The van der Waals surface area contributed by atoms with E-state index < -0.39 is 10.0 Å². The fraction of sp³-hybridized carbons (Fsp3) is 0.538. The highest BCUT2D eigenvalue weighted by molar-refractivity contribution is 7.89. The first-order valence-electron chi connectivity index (χ1n) is 6.52. The fourth-order valence-corrected chi connectivity index (χ4v) is 3.68. The van der Waals surface area contributed by atoms with E-state index in [1.807, 2.05) is 0 Å². The topological polar surface area (TPSA) is 67.9 Å². The molecule has 1 aliphatic rings. The van der Waals surface area contributed by atoms with Crippen LogP contribution in [0.15, 0.2) is 23.1 Å². The van der Waals surface area contributed by atoms with Crippen molar-refractivity contribution < 1.29 is 17.9 Å². The highest BCUT2D eigenvalue weighted by Gasteiger charge is 2.26. The monoisotopic (exact) mass is 300 g/mol. The maximum Gasteiger partial charge on any atom is 0.243 e. The molecule has 0 aromatic heterocycles. The third-order valence-electron chi connectivity index (χ3n) is 3.29. The van der Waals surface area contributed by atoms with Crippen molar-refractivity contribution in [2.45, 2.75) is 11.3 Å².